The first-order chi connectivity index (χ1) is 31.6. The Kier molecular flexibility index (Phi) is 8.94. The van der Waals surface area contributed by atoms with Crippen LogP contribution in [0.25, 0.3) is 44.2 Å². The molecular weight excluding hydrogens is 796 g/mol. The van der Waals surface area contributed by atoms with E-state index in [1.807, 2.05) is 0 Å². The van der Waals surface area contributed by atoms with E-state index in [0.29, 0.717) is 0 Å². The van der Waals surface area contributed by atoms with Gasteiger partial charge in [-0.1, -0.05) is 171 Å². The molecule has 8 aromatic rings. The minimum atomic E-state index is -0.0863. The quantitative estimate of drug-likeness (QED) is 0.163. The van der Waals surface area contributed by atoms with Crippen molar-refractivity contribution in [3.63, 3.8) is 0 Å². The summed E-state index contributed by atoms with van der Waals surface area (Å²) in [6.07, 6.45) is 4.72. The van der Waals surface area contributed by atoms with Gasteiger partial charge in [-0.2, -0.15) is 0 Å². The maximum absolute atomic E-state index is 2.73. The predicted octanol–water partition coefficient (Wildman–Crippen LogP) is 15.9. The predicted molar refractivity (Wildman–Crippen MR) is 284 cm³/mol. The fourth-order valence-electron chi connectivity index (χ4n) is 12.5. The van der Waals surface area contributed by atoms with Crippen LogP contribution in [0.1, 0.15) is 109 Å². The Balaban J connectivity index is 1.22. The van der Waals surface area contributed by atoms with Crippen LogP contribution in [0.3, 0.4) is 0 Å². The Labute approximate surface area is 393 Å². The zero-order valence-electron chi connectivity index (χ0n) is 40.3. The van der Waals surface area contributed by atoms with E-state index in [1.165, 1.54) is 137 Å². The van der Waals surface area contributed by atoms with Crippen molar-refractivity contribution in [1.29, 1.82) is 0 Å². The highest BCUT2D eigenvalue weighted by atomic mass is 15.2. The summed E-state index contributed by atoms with van der Waals surface area (Å²) in [6, 6.07) is 60.9. The number of benzene rings is 8. The van der Waals surface area contributed by atoms with Gasteiger partial charge in [-0.05, 0) is 169 Å². The molecule has 12 rings (SSSR count). The number of hydrogen-bond acceptors (Lipinski definition) is 2. The highest BCUT2D eigenvalue weighted by Gasteiger charge is 2.48. The van der Waals surface area contributed by atoms with Gasteiger partial charge in [-0.3, -0.25) is 0 Å². The fraction of sp³-hybridized carbons (Fsp3) is 0.270. The number of nitrogens with zero attached hydrogens (tertiary/aromatic N) is 2. The standard InChI is InChI=1S/C63H61BN2/c1-40-34-51-53(63(8,9)33-32-61(51,4)5)39-56(40)65-57-37-44(42-20-14-11-15-21-42)24-28-54(57)64-58-49(36-45-22-16-17-23-47(45)59(58)65)48-35-43(41-18-12-10-13-19-41)25-29-55(48)66(64)46-26-27-50-52(38-46)62(6,7)31-30-60(50,2)3/h10-29,34-39H,30-33H2,1-9H3. The van der Waals surface area contributed by atoms with Crippen molar-refractivity contribution in [2.75, 3.05) is 9.71 Å². The maximum Gasteiger partial charge on any atom is 0.333 e. The van der Waals surface area contributed by atoms with Crippen LogP contribution < -0.4 is 20.6 Å². The lowest BCUT2D eigenvalue weighted by Crippen LogP contribution is -2.61. The summed E-state index contributed by atoms with van der Waals surface area (Å²) in [7, 11) is 0. The summed E-state index contributed by atoms with van der Waals surface area (Å²) in [5.74, 6) is 0. The Morgan fingerprint density at radius 1 is 0.424 bits per heavy atom. The summed E-state index contributed by atoms with van der Waals surface area (Å²) < 4.78 is 0. The third-order valence-corrected chi connectivity index (χ3v) is 16.7. The normalized spacial score (nSPS) is 17.9. The Morgan fingerprint density at radius 3 is 1.65 bits per heavy atom. The molecule has 326 valence electrons. The number of hydrogen-bond donors (Lipinski definition) is 0. The highest BCUT2D eigenvalue weighted by Crippen LogP contribution is 2.54. The van der Waals surface area contributed by atoms with Crippen molar-refractivity contribution >= 4 is 57.0 Å². The van der Waals surface area contributed by atoms with Crippen molar-refractivity contribution in [2.45, 2.75) is 110 Å². The van der Waals surface area contributed by atoms with Gasteiger partial charge in [0.1, 0.15) is 0 Å². The van der Waals surface area contributed by atoms with Crippen LogP contribution in [-0.2, 0) is 21.7 Å². The van der Waals surface area contributed by atoms with Crippen LogP contribution in [0.2, 0.25) is 0 Å². The molecular formula is C63H61BN2. The molecule has 0 amide bonds. The molecule has 2 aliphatic heterocycles. The SMILES string of the molecule is Cc1cc2c(cc1N1c3cc(-c4ccccc4)ccc3B3c4c(cc5ccccc5c41)-c1cc(-c4ccccc4)ccc1N3c1ccc3c(c1)C(C)(C)CCC3(C)C)C(C)(C)CCC2(C)C. The molecule has 2 nitrogen and oxygen atoms in total. The smallest absolute Gasteiger partial charge is 0.333 e. The summed E-state index contributed by atoms with van der Waals surface area (Å²) in [4.78, 5) is 5.43. The molecule has 0 unspecified atom stereocenters. The summed E-state index contributed by atoms with van der Waals surface area (Å²) in [5.41, 5.74) is 24.2. The Morgan fingerprint density at radius 2 is 0.985 bits per heavy atom. The topological polar surface area (TPSA) is 6.48 Å². The van der Waals surface area contributed by atoms with E-state index in [2.05, 4.69) is 230 Å². The van der Waals surface area contributed by atoms with Crippen LogP contribution in [-0.4, -0.2) is 6.85 Å². The average Bonchev–Trinajstić information content (AvgIpc) is 3.32. The van der Waals surface area contributed by atoms with E-state index >= 15 is 0 Å². The number of fused-ring (bicyclic) bond motifs is 8. The third kappa shape index (κ3) is 6.14. The van der Waals surface area contributed by atoms with Crippen molar-refractivity contribution < 1.29 is 0 Å². The molecule has 0 saturated heterocycles. The maximum atomic E-state index is 2.73. The molecule has 2 heterocycles. The first kappa shape index (κ1) is 41.1. The second kappa shape index (κ2) is 14.3. The van der Waals surface area contributed by atoms with Gasteiger partial charge in [0.2, 0.25) is 0 Å². The Hall–Kier alpha value is -6.32. The first-order valence-electron chi connectivity index (χ1n) is 24.5. The molecule has 0 saturated carbocycles. The molecule has 0 bridgehead atoms. The highest BCUT2D eigenvalue weighted by molar-refractivity contribution is 6.94. The van der Waals surface area contributed by atoms with Crippen LogP contribution in [0.4, 0.5) is 28.4 Å². The minimum absolute atomic E-state index is 0.0525. The fourth-order valence-corrected chi connectivity index (χ4v) is 12.5. The van der Waals surface area contributed by atoms with Gasteiger partial charge in [-0.15, -0.1) is 0 Å². The molecule has 0 atom stereocenters. The molecule has 0 spiro atoms. The molecule has 4 aliphatic rings. The van der Waals surface area contributed by atoms with E-state index in [0.717, 1.165) is 0 Å². The Bertz CT molecular complexity index is 3280. The lowest BCUT2D eigenvalue weighted by Gasteiger charge is -2.48. The van der Waals surface area contributed by atoms with Gasteiger partial charge in [0, 0.05) is 33.7 Å². The monoisotopic (exact) mass is 856 g/mol. The van der Waals surface area contributed by atoms with Gasteiger partial charge in [-0.25, -0.2) is 0 Å². The average molecular weight is 857 g/mol. The summed E-state index contributed by atoms with van der Waals surface area (Å²) in [5, 5.41) is 2.54. The summed E-state index contributed by atoms with van der Waals surface area (Å²) >= 11 is 0. The van der Waals surface area contributed by atoms with E-state index in [1.54, 1.807) is 0 Å². The van der Waals surface area contributed by atoms with Gasteiger partial charge in [0.25, 0.3) is 0 Å². The van der Waals surface area contributed by atoms with E-state index in [9.17, 15) is 0 Å². The lowest BCUT2D eigenvalue weighted by atomic mass is 9.43. The number of anilines is 5. The van der Waals surface area contributed by atoms with Gasteiger partial charge in [0.05, 0.1) is 5.69 Å². The zero-order chi connectivity index (χ0) is 45.5. The van der Waals surface area contributed by atoms with Crippen LogP contribution in [0.5, 0.6) is 0 Å². The second-order valence-corrected chi connectivity index (χ2v) is 22.7. The van der Waals surface area contributed by atoms with Crippen LogP contribution >= 0.6 is 0 Å². The van der Waals surface area contributed by atoms with Crippen LogP contribution in [0.15, 0.2) is 158 Å². The number of rotatable bonds is 4. The molecule has 0 fully saturated rings. The largest absolute Gasteiger partial charge is 0.376 e. The van der Waals surface area contributed by atoms with Crippen molar-refractivity contribution in [1.82, 2.24) is 0 Å². The van der Waals surface area contributed by atoms with Crippen molar-refractivity contribution in [3.8, 4) is 33.4 Å². The minimum Gasteiger partial charge on any atom is -0.376 e. The molecule has 66 heavy (non-hydrogen) atoms. The van der Waals surface area contributed by atoms with Crippen molar-refractivity contribution in [3.05, 3.63) is 186 Å². The van der Waals surface area contributed by atoms with E-state index < -0.39 is 0 Å². The molecule has 8 aromatic carbocycles. The first-order valence-corrected chi connectivity index (χ1v) is 24.5. The van der Waals surface area contributed by atoms with Crippen molar-refractivity contribution in [2.24, 2.45) is 0 Å². The van der Waals surface area contributed by atoms with E-state index in [4.69, 9.17) is 0 Å². The van der Waals surface area contributed by atoms with Crippen LogP contribution in [0, 0.1) is 6.92 Å². The third-order valence-electron chi connectivity index (χ3n) is 16.7. The van der Waals surface area contributed by atoms with E-state index in [-0.39, 0.29) is 28.5 Å². The molecule has 3 heteroatoms. The second-order valence-electron chi connectivity index (χ2n) is 22.7. The van der Waals surface area contributed by atoms with Gasteiger partial charge >= 0.3 is 6.85 Å². The van der Waals surface area contributed by atoms with Gasteiger partial charge < -0.3 is 9.71 Å². The molecule has 0 radical (unpaired) electrons. The molecule has 2 aliphatic carbocycles. The lowest BCUT2D eigenvalue weighted by molar-refractivity contribution is 0.332. The molecule has 0 aromatic heterocycles. The summed E-state index contributed by atoms with van der Waals surface area (Å²) in [6.45, 7) is 21.9. The van der Waals surface area contributed by atoms with Gasteiger partial charge in [0.15, 0.2) is 0 Å². The molecule has 0 N–H and O–H groups in total. The zero-order valence-corrected chi connectivity index (χ0v) is 40.3. The number of aryl methyl sites for hydroxylation is 1.